The van der Waals surface area contributed by atoms with Gasteiger partial charge in [-0.3, -0.25) is 9.36 Å². The minimum atomic E-state index is -0.312. The van der Waals surface area contributed by atoms with Crippen molar-refractivity contribution in [1.29, 1.82) is 0 Å². The van der Waals surface area contributed by atoms with E-state index < -0.39 is 0 Å². The molecule has 0 atom stereocenters. The largest absolute Gasteiger partial charge is 0.333 e. The number of halogens is 1. The first-order chi connectivity index (χ1) is 15.0. The summed E-state index contributed by atoms with van der Waals surface area (Å²) in [6.45, 7) is 4.17. The van der Waals surface area contributed by atoms with E-state index in [9.17, 15) is 9.18 Å². The third-order valence-corrected chi connectivity index (χ3v) is 6.27. The van der Waals surface area contributed by atoms with E-state index in [2.05, 4.69) is 15.1 Å². The van der Waals surface area contributed by atoms with E-state index in [-0.39, 0.29) is 11.4 Å². The number of nitrogens with zero attached hydrogens (tertiary/aromatic N) is 4. The van der Waals surface area contributed by atoms with Crippen LogP contribution < -0.4 is 5.56 Å². The summed E-state index contributed by atoms with van der Waals surface area (Å²) in [6.07, 6.45) is 1.51. The van der Waals surface area contributed by atoms with Crippen LogP contribution in [0.15, 0.2) is 64.2 Å². The van der Waals surface area contributed by atoms with Crippen molar-refractivity contribution in [3.8, 4) is 22.2 Å². The maximum absolute atomic E-state index is 13.2. The van der Waals surface area contributed by atoms with E-state index in [1.54, 1.807) is 12.1 Å². The van der Waals surface area contributed by atoms with Crippen LogP contribution in [0, 0.1) is 19.7 Å². The molecule has 6 nitrogen and oxygen atoms in total. The highest BCUT2D eigenvalue weighted by Gasteiger charge is 2.20. The van der Waals surface area contributed by atoms with Crippen molar-refractivity contribution in [2.24, 2.45) is 0 Å². The first kappa shape index (κ1) is 19.3. The fraction of sp³-hybridized carbons (Fsp3) is 0.130. The van der Waals surface area contributed by atoms with Gasteiger partial charge in [-0.05, 0) is 43.2 Å². The molecule has 0 amide bonds. The topological polar surface area (TPSA) is 73.8 Å². The number of aryl methyl sites for hydroxylation is 2. The van der Waals surface area contributed by atoms with Gasteiger partial charge in [0.2, 0.25) is 5.82 Å². The summed E-state index contributed by atoms with van der Waals surface area (Å²) < 4.78 is 20.2. The summed E-state index contributed by atoms with van der Waals surface area (Å²) in [4.78, 5) is 23.5. The Labute approximate surface area is 180 Å². The van der Waals surface area contributed by atoms with Gasteiger partial charge in [-0.1, -0.05) is 41.1 Å². The van der Waals surface area contributed by atoms with Gasteiger partial charge in [0.1, 0.15) is 10.6 Å². The number of aromatic nitrogens is 4. The SMILES string of the molecule is Cc1cccc(-c2noc(-c3sc4ncn(Cc5ccc(F)cc5)c(=O)c4c3C)n2)c1. The van der Waals surface area contributed by atoms with Gasteiger partial charge in [-0.2, -0.15) is 4.98 Å². The Bertz CT molecular complexity index is 1470. The van der Waals surface area contributed by atoms with Gasteiger partial charge in [0.05, 0.1) is 23.1 Å². The lowest BCUT2D eigenvalue weighted by atomic mass is 10.1. The molecule has 0 N–H and O–H groups in total. The third-order valence-electron chi connectivity index (χ3n) is 5.08. The molecular weight excluding hydrogens is 415 g/mol. The number of hydrogen-bond donors (Lipinski definition) is 0. The highest BCUT2D eigenvalue weighted by atomic mass is 32.1. The molecule has 0 saturated heterocycles. The number of fused-ring (bicyclic) bond motifs is 1. The number of hydrogen-bond acceptors (Lipinski definition) is 6. The normalized spacial score (nSPS) is 11.3. The van der Waals surface area contributed by atoms with Crippen molar-refractivity contribution in [2.75, 3.05) is 0 Å². The first-order valence-electron chi connectivity index (χ1n) is 9.64. The van der Waals surface area contributed by atoms with Crippen molar-refractivity contribution >= 4 is 21.6 Å². The summed E-state index contributed by atoms with van der Waals surface area (Å²) in [5.41, 5.74) is 3.39. The van der Waals surface area contributed by atoms with Gasteiger partial charge in [-0.15, -0.1) is 11.3 Å². The predicted octanol–water partition coefficient (Wildman–Crippen LogP) is 4.98. The third kappa shape index (κ3) is 3.55. The molecule has 0 saturated carbocycles. The van der Waals surface area contributed by atoms with E-state index in [1.165, 1.54) is 34.4 Å². The minimum absolute atomic E-state index is 0.159. The fourth-order valence-corrected chi connectivity index (χ4v) is 4.54. The van der Waals surface area contributed by atoms with Crippen LogP contribution in [0.4, 0.5) is 4.39 Å². The Hall–Kier alpha value is -3.65. The molecule has 0 bridgehead atoms. The molecule has 0 aliphatic rings. The van der Waals surface area contributed by atoms with Crippen LogP contribution in [0.25, 0.3) is 32.4 Å². The van der Waals surface area contributed by atoms with Gasteiger partial charge < -0.3 is 4.52 Å². The lowest BCUT2D eigenvalue weighted by Gasteiger charge is -2.05. The minimum Gasteiger partial charge on any atom is -0.333 e. The zero-order valence-electron chi connectivity index (χ0n) is 16.8. The number of rotatable bonds is 4. The van der Waals surface area contributed by atoms with E-state index in [0.717, 1.165) is 27.1 Å². The summed E-state index contributed by atoms with van der Waals surface area (Å²) >= 11 is 1.35. The molecule has 8 heteroatoms. The van der Waals surface area contributed by atoms with E-state index >= 15 is 0 Å². The molecule has 5 rings (SSSR count). The van der Waals surface area contributed by atoms with Gasteiger partial charge in [-0.25, -0.2) is 9.37 Å². The molecule has 31 heavy (non-hydrogen) atoms. The Morgan fingerprint density at radius 3 is 2.71 bits per heavy atom. The summed E-state index contributed by atoms with van der Waals surface area (Å²) in [5.74, 6) is 0.548. The van der Waals surface area contributed by atoms with Crippen LogP contribution in [0.3, 0.4) is 0 Å². The average molecular weight is 432 g/mol. The molecule has 0 unspecified atom stereocenters. The molecule has 3 heterocycles. The van der Waals surface area contributed by atoms with Crippen LogP contribution in [0.1, 0.15) is 16.7 Å². The summed E-state index contributed by atoms with van der Waals surface area (Å²) in [6, 6.07) is 13.9. The quantitative estimate of drug-likeness (QED) is 0.400. The highest BCUT2D eigenvalue weighted by molar-refractivity contribution is 7.22. The summed E-state index contributed by atoms with van der Waals surface area (Å²) in [7, 11) is 0. The second-order valence-electron chi connectivity index (χ2n) is 7.33. The van der Waals surface area contributed by atoms with Crippen molar-refractivity contribution in [2.45, 2.75) is 20.4 Å². The Morgan fingerprint density at radius 2 is 1.94 bits per heavy atom. The van der Waals surface area contributed by atoms with Crippen LogP contribution in [-0.2, 0) is 6.54 Å². The van der Waals surface area contributed by atoms with Crippen LogP contribution in [0.2, 0.25) is 0 Å². The van der Waals surface area contributed by atoms with E-state index in [1.807, 2.05) is 38.1 Å². The lowest BCUT2D eigenvalue weighted by Crippen LogP contribution is -2.21. The molecule has 3 aromatic heterocycles. The Balaban J connectivity index is 1.54. The monoisotopic (exact) mass is 432 g/mol. The van der Waals surface area contributed by atoms with Gasteiger partial charge in [0, 0.05) is 5.56 Å². The van der Waals surface area contributed by atoms with E-state index in [4.69, 9.17) is 4.52 Å². The van der Waals surface area contributed by atoms with Gasteiger partial charge >= 0.3 is 0 Å². The zero-order valence-corrected chi connectivity index (χ0v) is 17.6. The predicted molar refractivity (Wildman–Crippen MR) is 118 cm³/mol. The highest BCUT2D eigenvalue weighted by Crippen LogP contribution is 2.35. The molecule has 0 aliphatic carbocycles. The maximum atomic E-state index is 13.2. The van der Waals surface area contributed by atoms with Gasteiger partial charge in [0.15, 0.2) is 0 Å². The lowest BCUT2D eigenvalue weighted by molar-refractivity contribution is 0.433. The van der Waals surface area contributed by atoms with Crippen molar-refractivity contribution in [1.82, 2.24) is 19.7 Å². The second-order valence-corrected chi connectivity index (χ2v) is 8.33. The molecular formula is C23H17FN4O2S. The molecule has 0 spiro atoms. The summed E-state index contributed by atoms with van der Waals surface area (Å²) in [5, 5.41) is 4.63. The first-order valence-corrected chi connectivity index (χ1v) is 10.5. The average Bonchev–Trinajstić information content (AvgIpc) is 3.37. The molecule has 0 aliphatic heterocycles. The van der Waals surface area contributed by atoms with Crippen molar-refractivity contribution < 1.29 is 8.91 Å². The van der Waals surface area contributed by atoms with Gasteiger partial charge in [0.25, 0.3) is 11.4 Å². The molecule has 154 valence electrons. The standard InChI is InChI=1S/C23H17FN4O2S/c1-13-4-3-5-16(10-13)20-26-21(30-27-20)19-14(2)18-22(31-19)25-12-28(23(18)29)11-15-6-8-17(24)9-7-15/h3-10,12H,11H2,1-2H3. The number of thiophene rings is 1. The molecule has 2 aromatic carbocycles. The zero-order chi connectivity index (χ0) is 21.5. The fourth-order valence-electron chi connectivity index (χ4n) is 3.48. The molecule has 5 aromatic rings. The Morgan fingerprint density at radius 1 is 1.13 bits per heavy atom. The van der Waals surface area contributed by atoms with E-state index in [0.29, 0.717) is 28.5 Å². The second kappa shape index (κ2) is 7.55. The number of benzene rings is 2. The van der Waals surface area contributed by atoms with Crippen LogP contribution in [0.5, 0.6) is 0 Å². The van der Waals surface area contributed by atoms with Crippen LogP contribution in [-0.4, -0.2) is 19.7 Å². The van der Waals surface area contributed by atoms with Crippen molar-refractivity contribution in [3.05, 3.63) is 87.7 Å². The Kier molecular flexibility index (Phi) is 4.71. The molecule has 0 radical (unpaired) electrons. The smallest absolute Gasteiger partial charge is 0.268 e. The molecule has 0 fully saturated rings. The van der Waals surface area contributed by atoms with Crippen LogP contribution >= 0.6 is 11.3 Å². The maximum Gasteiger partial charge on any atom is 0.268 e. The van der Waals surface area contributed by atoms with Crippen molar-refractivity contribution in [3.63, 3.8) is 0 Å².